The predicted octanol–water partition coefficient (Wildman–Crippen LogP) is 1.59. The van der Waals surface area contributed by atoms with Gasteiger partial charge >= 0.3 is 0 Å². The number of methoxy groups -OCH3 is 2. The van der Waals surface area contributed by atoms with Gasteiger partial charge in [-0.3, -0.25) is 11.3 Å². The molecule has 0 amide bonds. The third kappa shape index (κ3) is 2.94. The number of hydrogen-bond acceptors (Lipinski definition) is 4. The molecule has 1 aliphatic rings. The first-order valence-electron chi connectivity index (χ1n) is 6.06. The second-order valence-electron chi connectivity index (χ2n) is 5.34. The Morgan fingerprint density at radius 3 is 2.31 bits per heavy atom. The summed E-state index contributed by atoms with van der Waals surface area (Å²) in [5.41, 5.74) is 2.78. The first-order valence-corrected chi connectivity index (χ1v) is 6.06. The molecule has 0 saturated heterocycles. The molecule has 4 nitrogen and oxygen atoms in total. The molecule has 1 rings (SSSR count). The summed E-state index contributed by atoms with van der Waals surface area (Å²) in [4.78, 5) is 0. The van der Waals surface area contributed by atoms with Gasteiger partial charge in [0.2, 0.25) is 0 Å². The summed E-state index contributed by atoms with van der Waals surface area (Å²) in [6, 6.07) is 0.223. The largest absolute Gasteiger partial charge is 0.379 e. The van der Waals surface area contributed by atoms with E-state index in [1.807, 2.05) is 0 Å². The summed E-state index contributed by atoms with van der Waals surface area (Å²) in [5, 5.41) is 0. The monoisotopic (exact) mass is 230 g/mol. The highest BCUT2D eigenvalue weighted by Gasteiger charge is 2.44. The van der Waals surface area contributed by atoms with Crippen molar-refractivity contribution in [2.24, 2.45) is 5.84 Å². The second kappa shape index (κ2) is 5.45. The van der Waals surface area contributed by atoms with Gasteiger partial charge in [0.1, 0.15) is 0 Å². The van der Waals surface area contributed by atoms with Crippen LogP contribution >= 0.6 is 0 Å². The van der Waals surface area contributed by atoms with E-state index in [0.29, 0.717) is 0 Å². The zero-order valence-corrected chi connectivity index (χ0v) is 11.0. The molecule has 0 aromatic rings. The molecule has 0 aliphatic heterocycles. The second-order valence-corrected chi connectivity index (χ2v) is 5.34. The lowest BCUT2D eigenvalue weighted by Gasteiger charge is -2.46. The minimum Gasteiger partial charge on any atom is -0.379 e. The number of nitrogens with one attached hydrogen (secondary N) is 1. The van der Waals surface area contributed by atoms with Crippen LogP contribution in [0.2, 0.25) is 0 Å². The Balaban J connectivity index is 2.49. The van der Waals surface area contributed by atoms with Gasteiger partial charge in [0.05, 0.1) is 17.2 Å². The molecule has 16 heavy (non-hydrogen) atoms. The van der Waals surface area contributed by atoms with Gasteiger partial charge in [-0.05, 0) is 46.0 Å². The standard InChI is InChI=1S/C12H26N2O2/c1-11(2,15-3)9-6-10(14-13)12(16-4)7-5-8-12/h10,14H,5-9,13H2,1-4H3. The van der Waals surface area contributed by atoms with Crippen molar-refractivity contribution in [2.45, 2.75) is 63.2 Å². The molecule has 1 fully saturated rings. The van der Waals surface area contributed by atoms with Crippen LogP contribution in [0.15, 0.2) is 0 Å². The molecule has 4 heteroatoms. The van der Waals surface area contributed by atoms with Crippen LogP contribution < -0.4 is 11.3 Å². The molecule has 1 saturated carbocycles. The molecule has 0 spiro atoms. The van der Waals surface area contributed by atoms with Crippen LogP contribution in [0.25, 0.3) is 0 Å². The highest BCUT2D eigenvalue weighted by molar-refractivity contribution is 4.99. The summed E-state index contributed by atoms with van der Waals surface area (Å²) in [7, 11) is 3.53. The Morgan fingerprint density at radius 1 is 1.38 bits per heavy atom. The van der Waals surface area contributed by atoms with Crippen molar-refractivity contribution in [3.05, 3.63) is 0 Å². The number of nitrogens with two attached hydrogens (primary N) is 1. The maximum atomic E-state index is 5.64. The molecule has 1 atom stereocenters. The van der Waals surface area contributed by atoms with E-state index in [0.717, 1.165) is 25.7 Å². The Kier molecular flexibility index (Phi) is 4.73. The van der Waals surface area contributed by atoms with Crippen LogP contribution in [0, 0.1) is 0 Å². The van der Waals surface area contributed by atoms with Crippen molar-refractivity contribution in [1.29, 1.82) is 0 Å². The highest BCUT2D eigenvalue weighted by atomic mass is 16.5. The fourth-order valence-electron chi connectivity index (χ4n) is 2.31. The van der Waals surface area contributed by atoms with Crippen LogP contribution in [0.4, 0.5) is 0 Å². The maximum absolute atomic E-state index is 5.64. The summed E-state index contributed by atoms with van der Waals surface area (Å²) in [6.07, 6.45) is 5.39. The SMILES string of the molecule is COC(C)(C)CCC(NN)C1(OC)CCC1. The van der Waals surface area contributed by atoms with E-state index in [1.165, 1.54) is 6.42 Å². The first kappa shape index (κ1) is 13.9. The fraction of sp³-hybridized carbons (Fsp3) is 1.00. The van der Waals surface area contributed by atoms with Crippen molar-refractivity contribution >= 4 is 0 Å². The van der Waals surface area contributed by atoms with Gasteiger partial charge in [0, 0.05) is 14.2 Å². The normalized spacial score (nSPS) is 21.6. The number of hydrogen-bond donors (Lipinski definition) is 2. The van der Waals surface area contributed by atoms with Crippen molar-refractivity contribution in [3.63, 3.8) is 0 Å². The van der Waals surface area contributed by atoms with Gasteiger partial charge in [0.25, 0.3) is 0 Å². The van der Waals surface area contributed by atoms with Gasteiger partial charge in [-0.1, -0.05) is 0 Å². The van der Waals surface area contributed by atoms with Crippen molar-refractivity contribution in [1.82, 2.24) is 5.43 Å². The zero-order valence-electron chi connectivity index (χ0n) is 11.0. The van der Waals surface area contributed by atoms with Gasteiger partial charge in [0.15, 0.2) is 0 Å². The summed E-state index contributed by atoms with van der Waals surface area (Å²) >= 11 is 0. The summed E-state index contributed by atoms with van der Waals surface area (Å²) < 4.78 is 11.1. The predicted molar refractivity (Wildman–Crippen MR) is 65.0 cm³/mol. The Labute approximate surface area is 98.8 Å². The van der Waals surface area contributed by atoms with Crippen LogP contribution in [-0.4, -0.2) is 31.5 Å². The molecule has 3 N–H and O–H groups in total. The Hall–Kier alpha value is -0.160. The molecule has 1 unspecified atom stereocenters. The van der Waals surface area contributed by atoms with E-state index in [2.05, 4.69) is 19.3 Å². The van der Waals surface area contributed by atoms with Crippen molar-refractivity contribution < 1.29 is 9.47 Å². The lowest BCUT2D eigenvalue weighted by molar-refractivity contribution is -0.104. The number of ether oxygens (including phenoxy) is 2. The van der Waals surface area contributed by atoms with E-state index in [1.54, 1.807) is 14.2 Å². The minimum atomic E-state index is -0.0895. The molecule has 0 radical (unpaired) electrons. The number of rotatable bonds is 7. The van der Waals surface area contributed by atoms with Gasteiger partial charge < -0.3 is 9.47 Å². The van der Waals surface area contributed by atoms with Gasteiger partial charge in [-0.15, -0.1) is 0 Å². The zero-order chi connectivity index (χ0) is 12.2. The molecule has 0 aromatic carbocycles. The Morgan fingerprint density at radius 2 is 2.00 bits per heavy atom. The topological polar surface area (TPSA) is 56.5 Å². The molecule has 0 heterocycles. The molecular formula is C12H26N2O2. The minimum absolute atomic E-state index is 0.0431. The van der Waals surface area contributed by atoms with Crippen LogP contribution in [0.5, 0.6) is 0 Å². The highest BCUT2D eigenvalue weighted by Crippen LogP contribution is 2.39. The van der Waals surface area contributed by atoms with Crippen molar-refractivity contribution in [2.75, 3.05) is 14.2 Å². The smallest absolute Gasteiger partial charge is 0.0844 e. The van der Waals surface area contributed by atoms with Crippen LogP contribution in [0.1, 0.15) is 46.0 Å². The Bertz CT molecular complexity index is 210. The first-order chi connectivity index (χ1) is 7.49. The fourth-order valence-corrected chi connectivity index (χ4v) is 2.31. The molecule has 0 aromatic heterocycles. The van der Waals surface area contributed by atoms with Crippen LogP contribution in [0.3, 0.4) is 0 Å². The van der Waals surface area contributed by atoms with Gasteiger partial charge in [-0.2, -0.15) is 0 Å². The van der Waals surface area contributed by atoms with E-state index in [-0.39, 0.29) is 17.2 Å². The summed E-state index contributed by atoms with van der Waals surface area (Å²) in [6.45, 7) is 4.20. The van der Waals surface area contributed by atoms with Crippen LogP contribution in [-0.2, 0) is 9.47 Å². The molecule has 96 valence electrons. The van der Waals surface area contributed by atoms with Gasteiger partial charge in [-0.25, -0.2) is 0 Å². The van der Waals surface area contributed by atoms with E-state index in [4.69, 9.17) is 15.3 Å². The average Bonchev–Trinajstić information content (AvgIpc) is 2.21. The summed E-state index contributed by atoms with van der Waals surface area (Å²) in [5.74, 6) is 5.64. The number of hydrazine groups is 1. The lowest BCUT2D eigenvalue weighted by Crippen LogP contribution is -2.58. The average molecular weight is 230 g/mol. The third-order valence-electron chi connectivity index (χ3n) is 4.03. The van der Waals surface area contributed by atoms with Crippen molar-refractivity contribution in [3.8, 4) is 0 Å². The maximum Gasteiger partial charge on any atom is 0.0844 e. The third-order valence-corrected chi connectivity index (χ3v) is 4.03. The molecule has 1 aliphatic carbocycles. The molecule has 0 bridgehead atoms. The van der Waals surface area contributed by atoms with E-state index in [9.17, 15) is 0 Å². The molecular weight excluding hydrogens is 204 g/mol. The quantitative estimate of drug-likeness (QED) is 0.515. The van der Waals surface area contributed by atoms with E-state index < -0.39 is 0 Å². The lowest BCUT2D eigenvalue weighted by atomic mass is 9.72. The van der Waals surface area contributed by atoms with E-state index >= 15 is 0 Å².